The van der Waals surface area contributed by atoms with Crippen molar-refractivity contribution in [1.82, 2.24) is 5.32 Å². The normalized spacial score (nSPS) is 18.0. The van der Waals surface area contributed by atoms with Gasteiger partial charge in [-0.3, -0.25) is 4.79 Å². The summed E-state index contributed by atoms with van der Waals surface area (Å²) in [6, 6.07) is 7.73. The van der Waals surface area contributed by atoms with Crippen LogP contribution in [0.4, 0.5) is 0 Å². The summed E-state index contributed by atoms with van der Waals surface area (Å²) >= 11 is 5.83. The Morgan fingerprint density at radius 1 is 1.32 bits per heavy atom. The molecule has 19 heavy (non-hydrogen) atoms. The molecule has 4 heteroatoms. The van der Waals surface area contributed by atoms with E-state index < -0.39 is 0 Å². The monoisotopic (exact) mass is 281 g/mol. The Labute approximate surface area is 119 Å². The van der Waals surface area contributed by atoms with E-state index in [4.69, 9.17) is 16.3 Å². The Morgan fingerprint density at radius 2 is 1.95 bits per heavy atom. The van der Waals surface area contributed by atoms with Crippen LogP contribution in [0.3, 0.4) is 0 Å². The predicted molar refractivity (Wildman–Crippen MR) is 76.3 cm³/mol. The molecule has 0 aromatic heterocycles. The Hall–Kier alpha value is -1.06. The Balaban J connectivity index is 1.78. The molecule has 0 atom stereocenters. The molecule has 2 rings (SSSR count). The lowest BCUT2D eigenvalue weighted by Crippen LogP contribution is -2.43. The second kappa shape index (κ2) is 6.40. The van der Waals surface area contributed by atoms with E-state index in [2.05, 4.69) is 5.32 Å². The zero-order valence-electron chi connectivity index (χ0n) is 11.2. The molecule has 0 aliphatic carbocycles. The van der Waals surface area contributed by atoms with E-state index in [9.17, 15) is 4.79 Å². The lowest BCUT2D eigenvalue weighted by atomic mass is 9.81. The van der Waals surface area contributed by atoms with Gasteiger partial charge in [0.1, 0.15) is 0 Å². The topological polar surface area (TPSA) is 38.3 Å². The van der Waals surface area contributed by atoms with Gasteiger partial charge in [0.25, 0.3) is 0 Å². The van der Waals surface area contributed by atoms with E-state index in [0.29, 0.717) is 19.8 Å². The van der Waals surface area contributed by atoms with E-state index in [0.717, 1.165) is 24.3 Å². The molecule has 0 bridgehead atoms. The summed E-state index contributed by atoms with van der Waals surface area (Å²) in [5.74, 6) is 0.143. The van der Waals surface area contributed by atoms with E-state index >= 15 is 0 Å². The largest absolute Gasteiger partial charge is 0.381 e. The molecule has 3 nitrogen and oxygen atoms in total. The van der Waals surface area contributed by atoms with Crippen LogP contribution < -0.4 is 5.32 Å². The first-order chi connectivity index (χ1) is 9.10. The number of hydrogen-bond donors (Lipinski definition) is 1. The molecule has 1 aromatic carbocycles. The fraction of sp³-hybridized carbons (Fsp3) is 0.533. The molecule has 1 fully saturated rings. The molecule has 1 N–H and O–H groups in total. The molecular weight excluding hydrogens is 262 g/mol. The second-order valence-electron chi connectivity index (χ2n) is 5.31. The maximum atomic E-state index is 12.2. The number of rotatable bonds is 4. The fourth-order valence-electron chi connectivity index (χ4n) is 2.23. The Morgan fingerprint density at radius 3 is 2.58 bits per heavy atom. The molecule has 0 radical (unpaired) electrons. The molecule has 0 unspecified atom stereocenters. The minimum absolute atomic E-state index is 0.143. The summed E-state index contributed by atoms with van der Waals surface area (Å²) in [4.78, 5) is 12.2. The number of nitrogens with one attached hydrogen (secondary N) is 1. The maximum Gasteiger partial charge on any atom is 0.226 e. The van der Waals surface area contributed by atoms with Gasteiger partial charge in [-0.2, -0.15) is 0 Å². The lowest BCUT2D eigenvalue weighted by Gasteiger charge is -2.32. The minimum atomic E-state index is -0.266. The third-order valence-electron chi connectivity index (χ3n) is 3.76. The number of hydrogen-bond acceptors (Lipinski definition) is 2. The molecule has 104 valence electrons. The van der Waals surface area contributed by atoms with Crippen LogP contribution in [-0.2, 0) is 16.0 Å². The summed E-state index contributed by atoms with van der Waals surface area (Å²) < 4.78 is 5.31. The van der Waals surface area contributed by atoms with E-state index in [1.807, 2.05) is 31.2 Å². The first kappa shape index (κ1) is 14.4. The minimum Gasteiger partial charge on any atom is -0.381 e. The molecule has 1 amide bonds. The van der Waals surface area contributed by atoms with Crippen molar-refractivity contribution in [3.8, 4) is 0 Å². The zero-order chi connectivity index (χ0) is 13.7. The highest BCUT2D eigenvalue weighted by Gasteiger charge is 2.34. The van der Waals surface area contributed by atoms with Crippen molar-refractivity contribution in [3.05, 3.63) is 34.9 Å². The molecule has 1 heterocycles. The van der Waals surface area contributed by atoms with Gasteiger partial charge >= 0.3 is 0 Å². The standard InChI is InChI=1S/C15H20ClNO2/c1-15(7-10-19-11-8-15)14(18)17-9-6-12-2-4-13(16)5-3-12/h2-5H,6-11H2,1H3,(H,17,18). The molecular formula is C15H20ClNO2. The summed E-state index contributed by atoms with van der Waals surface area (Å²) in [5, 5.41) is 3.77. The highest BCUT2D eigenvalue weighted by atomic mass is 35.5. The molecule has 1 saturated heterocycles. The molecule has 1 aromatic rings. The van der Waals surface area contributed by atoms with Crippen LogP contribution in [0, 0.1) is 5.41 Å². The summed E-state index contributed by atoms with van der Waals surface area (Å²) in [6.45, 7) is 4.05. The van der Waals surface area contributed by atoms with Crippen molar-refractivity contribution in [1.29, 1.82) is 0 Å². The first-order valence-corrected chi connectivity index (χ1v) is 7.08. The van der Waals surface area contributed by atoms with Crippen LogP contribution >= 0.6 is 11.6 Å². The van der Waals surface area contributed by atoms with Crippen molar-refractivity contribution in [2.24, 2.45) is 5.41 Å². The van der Waals surface area contributed by atoms with Crippen LogP contribution in [0.25, 0.3) is 0 Å². The number of amides is 1. The van der Waals surface area contributed by atoms with Crippen LogP contribution in [0.5, 0.6) is 0 Å². The van der Waals surface area contributed by atoms with Crippen LogP contribution in [0.2, 0.25) is 5.02 Å². The summed E-state index contributed by atoms with van der Waals surface area (Å²) in [7, 11) is 0. The Bertz CT molecular complexity index is 424. The summed E-state index contributed by atoms with van der Waals surface area (Å²) in [6.07, 6.45) is 2.44. The number of carbonyl (C=O) groups excluding carboxylic acids is 1. The van der Waals surface area contributed by atoms with Gasteiger partial charge in [-0.1, -0.05) is 30.7 Å². The van der Waals surface area contributed by atoms with Gasteiger partial charge in [0, 0.05) is 24.8 Å². The van der Waals surface area contributed by atoms with Crippen molar-refractivity contribution in [2.75, 3.05) is 19.8 Å². The van der Waals surface area contributed by atoms with Gasteiger partial charge in [-0.05, 0) is 37.0 Å². The highest BCUT2D eigenvalue weighted by molar-refractivity contribution is 6.30. The van der Waals surface area contributed by atoms with Gasteiger partial charge in [0.15, 0.2) is 0 Å². The number of carbonyl (C=O) groups is 1. The SMILES string of the molecule is CC1(C(=O)NCCc2ccc(Cl)cc2)CCOCC1. The van der Waals surface area contributed by atoms with Crippen LogP contribution in [-0.4, -0.2) is 25.7 Å². The van der Waals surface area contributed by atoms with Crippen LogP contribution in [0.1, 0.15) is 25.3 Å². The second-order valence-corrected chi connectivity index (χ2v) is 5.74. The predicted octanol–water partition coefficient (Wildman–Crippen LogP) is 2.82. The lowest BCUT2D eigenvalue weighted by molar-refractivity contribution is -0.135. The van der Waals surface area contributed by atoms with Crippen molar-refractivity contribution in [3.63, 3.8) is 0 Å². The number of benzene rings is 1. The smallest absolute Gasteiger partial charge is 0.226 e. The van der Waals surface area contributed by atoms with E-state index in [-0.39, 0.29) is 11.3 Å². The Kier molecular flexibility index (Phi) is 4.83. The molecule has 1 aliphatic rings. The fourth-order valence-corrected chi connectivity index (χ4v) is 2.36. The molecule has 0 spiro atoms. The van der Waals surface area contributed by atoms with Gasteiger partial charge in [-0.15, -0.1) is 0 Å². The first-order valence-electron chi connectivity index (χ1n) is 6.71. The number of ether oxygens (including phenoxy) is 1. The van der Waals surface area contributed by atoms with Gasteiger partial charge < -0.3 is 10.1 Å². The molecule has 0 saturated carbocycles. The van der Waals surface area contributed by atoms with E-state index in [1.54, 1.807) is 0 Å². The number of halogens is 1. The third kappa shape index (κ3) is 3.95. The van der Waals surface area contributed by atoms with Gasteiger partial charge in [0.05, 0.1) is 5.41 Å². The third-order valence-corrected chi connectivity index (χ3v) is 4.01. The van der Waals surface area contributed by atoms with Gasteiger partial charge in [0.2, 0.25) is 5.91 Å². The average Bonchev–Trinajstić information content (AvgIpc) is 2.42. The van der Waals surface area contributed by atoms with Gasteiger partial charge in [-0.25, -0.2) is 0 Å². The van der Waals surface area contributed by atoms with Crippen LogP contribution in [0.15, 0.2) is 24.3 Å². The zero-order valence-corrected chi connectivity index (χ0v) is 12.0. The molecule has 1 aliphatic heterocycles. The quantitative estimate of drug-likeness (QED) is 0.922. The average molecular weight is 282 g/mol. The van der Waals surface area contributed by atoms with Crippen molar-refractivity contribution < 1.29 is 9.53 Å². The van der Waals surface area contributed by atoms with E-state index in [1.165, 1.54) is 5.56 Å². The van der Waals surface area contributed by atoms with Crippen molar-refractivity contribution in [2.45, 2.75) is 26.2 Å². The van der Waals surface area contributed by atoms with Crippen molar-refractivity contribution >= 4 is 17.5 Å². The summed E-state index contributed by atoms with van der Waals surface area (Å²) in [5.41, 5.74) is 0.917. The highest BCUT2D eigenvalue weighted by Crippen LogP contribution is 2.29. The maximum absolute atomic E-state index is 12.2.